The minimum absolute atomic E-state index is 0.997. The van der Waals surface area contributed by atoms with Crippen molar-refractivity contribution in [3.8, 4) is 0 Å². The van der Waals surface area contributed by atoms with E-state index < -0.39 is 0 Å². The van der Waals surface area contributed by atoms with Gasteiger partial charge in [0.25, 0.3) is 0 Å². The maximum absolute atomic E-state index is 3.47. The molecule has 0 saturated heterocycles. The van der Waals surface area contributed by atoms with Crippen LogP contribution in [0.5, 0.6) is 0 Å². The van der Waals surface area contributed by atoms with Gasteiger partial charge in [-0.1, -0.05) is 57.8 Å². The summed E-state index contributed by atoms with van der Waals surface area (Å²) in [5.41, 5.74) is 4.47. The summed E-state index contributed by atoms with van der Waals surface area (Å²) in [6.07, 6.45) is 13.0. The molecular formula is C16H27Br. The number of hydrogen-bond acceptors (Lipinski definition) is 0. The van der Waals surface area contributed by atoms with Gasteiger partial charge in [0.15, 0.2) is 0 Å². The van der Waals surface area contributed by atoms with E-state index in [1.807, 2.05) is 0 Å². The minimum Gasteiger partial charge on any atom is -0.0880 e. The fourth-order valence-electron chi connectivity index (χ4n) is 1.70. The van der Waals surface area contributed by atoms with Crippen molar-refractivity contribution >= 4 is 15.9 Å². The van der Waals surface area contributed by atoms with Crippen molar-refractivity contribution in [1.82, 2.24) is 0 Å². The topological polar surface area (TPSA) is 0 Å². The zero-order chi connectivity index (χ0) is 13.1. The molecule has 98 valence electrons. The molecule has 0 aromatic carbocycles. The monoisotopic (exact) mass is 298 g/mol. The van der Waals surface area contributed by atoms with E-state index >= 15 is 0 Å². The second kappa shape index (κ2) is 10.8. The van der Waals surface area contributed by atoms with Crippen molar-refractivity contribution in [2.45, 2.75) is 59.8 Å². The molecule has 0 aromatic heterocycles. The van der Waals surface area contributed by atoms with Crippen LogP contribution in [-0.4, -0.2) is 5.33 Å². The summed E-state index contributed by atoms with van der Waals surface area (Å²) in [4.78, 5) is 0. The summed E-state index contributed by atoms with van der Waals surface area (Å²) < 4.78 is 0. The van der Waals surface area contributed by atoms with Gasteiger partial charge in [-0.3, -0.25) is 0 Å². The Morgan fingerprint density at radius 3 is 1.76 bits per heavy atom. The van der Waals surface area contributed by atoms with Crippen molar-refractivity contribution in [2.75, 3.05) is 5.33 Å². The molecule has 0 aliphatic carbocycles. The third kappa shape index (κ3) is 10.6. The summed E-state index contributed by atoms with van der Waals surface area (Å²) in [5, 5.41) is 0.997. The van der Waals surface area contributed by atoms with Gasteiger partial charge in [-0.05, 0) is 52.9 Å². The van der Waals surface area contributed by atoms with Gasteiger partial charge >= 0.3 is 0 Å². The molecule has 0 saturated carbocycles. The number of rotatable bonds is 8. The maximum Gasteiger partial charge on any atom is 0.0239 e. The molecular weight excluding hydrogens is 272 g/mol. The molecule has 0 aliphatic heterocycles. The highest BCUT2D eigenvalue weighted by atomic mass is 79.9. The predicted octanol–water partition coefficient (Wildman–Crippen LogP) is 6.19. The van der Waals surface area contributed by atoms with E-state index in [1.54, 1.807) is 0 Å². The highest BCUT2D eigenvalue weighted by molar-refractivity contribution is 9.09. The van der Waals surface area contributed by atoms with E-state index in [9.17, 15) is 0 Å². The number of halogens is 1. The summed E-state index contributed by atoms with van der Waals surface area (Å²) in [7, 11) is 0. The molecule has 0 N–H and O–H groups in total. The van der Waals surface area contributed by atoms with E-state index in [4.69, 9.17) is 0 Å². The average Bonchev–Trinajstić information content (AvgIpc) is 2.29. The van der Waals surface area contributed by atoms with Crippen LogP contribution in [0.3, 0.4) is 0 Å². The third-order valence-electron chi connectivity index (χ3n) is 2.83. The molecule has 0 aliphatic rings. The lowest BCUT2D eigenvalue weighted by molar-refractivity contribution is 0.913. The van der Waals surface area contributed by atoms with E-state index in [1.165, 1.54) is 42.4 Å². The van der Waals surface area contributed by atoms with Crippen LogP contribution in [0.25, 0.3) is 0 Å². The number of allylic oxidation sites excluding steroid dienone is 6. The van der Waals surface area contributed by atoms with Crippen LogP contribution in [-0.2, 0) is 0 Å². The predicted molar refractivity (Wildman–Crippen MR) is 83.8 cm³/mol. The molecule has 0 unspecified atom stereocenters. The van der Waals surface area contributed by atoms with Crippen LogP contribution in [0, 0.1) is 0 Å². The first kappa shape index (κ1) is 16.7. The molecule has 0 atom stereocenters. The summed E-state index contributed by atoms with van der Waals surface area (Å²) in [6, 6.07) is 0. The SMILES string of the molecule is CC/C=C(\C)CC/C=C(\C)CC/C=C(\C)CBr. The second-order valence-electron chi connectivity index (χ2n) is 4.77. The van der Waals surface area contributed by atoms with E-state index in [0.29, 0.717) is 0 Å². The van der Waals surface area contributed by atoms with Gasteiger partial charge < -0.3 is 0 Å². The molecule has 0 aromatic rings. The summed E-state index contributed by atoms with van der Waals surface area (Å²) in [5.74, 6) is 0. The lowest BCUT2D eigenvalue weighted by Crippen LogP contribution is -1.81. The van der Waals surface area contributed by atoms with E-state index in [0.717, 1.165) is 11.8 Å². The molecule has 0 fully saturated rings. The maximum atomic E-state index is 3.47. The standard InChI is InChI=1S/C16H27Br/c1-5-8-14(2)9-6-10-15(3)11-7-12-16(4)13-17/h8,10,12H,5-7,9,11,13H2,1-4H3/b14-8+,15-10+,16-12+. The first-order chi connectivity index (χ1) is 8.10. The molecule has 0 spiro atoms. The van der Waals surface area contributed by atoms with E-state index in [-0.39, 0.29) is 0 Å². The smallest absolute Gasteiger partial charge is 0.0239 e. The summed E-state index contributed by atoms with van der Waals surface area (Å²) >= 11 is 3.47. The van der Waals surface area contributed by atoms with Crippen LogP contribution >= 0.6 is 15.9 Å². The van der Waals surface area contributed by atoms with Gasteiger partial charge in [-0.15, -0.1) is 0 Å². The van der Waals surface area contributed by atoms with E-state index in [2.05, 4.69) is 61.9 Å². The minimum atomic E-state index is 0.997. The molecule has 17 heavy (non-hydrogen) atoms. The van der Waals surface area contributed by atoms with Crippen molar-refractivity contribution in [2.24, 2.45) is 0 Å². The Bertz CT molecular complexity index is 282. The lowest BCUT2D eigenvalue weighted by Gasteiger charge is -2.01. The third-order valence-corrected chi connectivity index (χ3v) is 3.71. The van der Waals surface area contributed by atoms with Gasteiger partial charge in [0.2, 0.25) is 0 Å². The van der Waals surface area contributed by atoms with Gasteiger partial charge in [0, 0.05) is 5.33 Å². The molecule has 0 heterocycles. The first-order valence-electron chi connectivity index (χ1n) is 6.63. The highest BCUT2D eigenvalue weighted by Gasteiger charge is 1.92. The van der Waals surface area contributed by atoms with Gasteiger partial charge in [-0.25, -0.2) is 0 Å². The van der Waals surface area contributed by atoms with Gasteiger partial charge in [0.05, 0.1) is 0 Å². The van der Waals surface area contributed by atoms with Crippen LogP contribution < -0.4 is 0 Å². The average molecular weight is 299 g/mol. The van der Waals surface area contributed by atoms with Crippen molar-refractivity contribution in [1.29, 1.82) is 0 Å². The molecule has 0 bridgehead atoms. The number of alkyl halides is 1. The van der Waals surface area contributed by atoms with Crippen LogP contribution in [0.1, 0.15) is 59.8 Å². The Labute approximate surface area is 116 Å². The first-order valence-corrected chi connectivity index (χ1v) is 7.75. The second-order valence-corrected chi connectivity index (χ2v) is 5.33. The Balaban J connectivity index is 3.83. The quantitative estimate of drug-likeness (QED) is 0.370. The molecule has 1 heteroatoms. The largest absolute Gasteiger partial charge is 0.0880 e. The zero-order valence-electron chi connectivity index (χ0n) is 11.9. The Morgan fingerprint density at radius 1 is 0.824 bits per heavy atom. The fraction of sp³-hybridized carbons (Fsp3) is 0.625. The lowest BCUT2D eigenvalue weighted by atomic mass is 10.1. The van der Waals surface area contributed by atoms with Crippen LogP contribution in [0.15, 0.2) is 34.9 Å². The van der Waals surface area contributed by atoms with Gasteiger partial charge in [0.1, 0.15) is 0 Å². The zero-order valence-corrected chi connectivity index (χ0v) is 13.4. The Morgan fingerprint density at radius 2 is 1.29 bits per heavy atom. The molecule has 0 radical (unpaired) electrons. The molecule has 0 nitrogen and oxygen atoms in total. The van der Waals surface area contributed by atoms with Crippen molar-refractivity contribution < 1.29 is 0 Å². The van der Waals surface area contributed by atoms with Crippen molar-refractivity contribution in [3.63, 3.8) is 0 Å². The molecule has 0 amide bonds. The van der Waals surface area contributed by atoms with Crippen molar-refractivity contribution in [3.05, 3.63) is 34.9 Å². The fourth-order valence-corrected chi connectivity index (χ4v) is 1.93. The summed E-state index contributed by atoms with van der Waals surface area (Å²) in [6.45, 7) is 8.85. The highest BCUT2D eigenvalue weighted by Crippen LogP contribution is 2.12. The Kier molecular flexibility index (Phi) is 10.6. The van der Waals surface area contributed by atoms with Crippen LogP contribution in [0.2, 0.25) is 0 Å². The molecule has 0 rings (SSSR count). The number of hydrogen-bond donors (Lipinski definition) is 0. The Hall–Kier alpha value is -0.300. The van der Waals surface area contributed by atoms with Crippen LogP contribution in [0.4, 0.5) is 0 Å². The normalized spacial score (nSPS) is 14.3. The van der Waals surface area contributed by atoms with Gasteiger partial charge in [-0.2, -0.15) is 0 Å².